The number of alkyl halides is 2. The number of halogens is 8. The third-order valence-corrected chi connectivity index (χ3v) is 22.5. The molecule has 0 N–H and O–H groups in total. The van der Waals surface area contributed by atoms with Crippen LogP contribution in [0.2, 0.25) is 22.4 Å². The number of methoxy groups -OCH3 is 1. The lowest BCUT2D eigenvalue weighted by atomic mass is 10.2. The highest BCUT2D eigenvalue weighted by atomic mass is 79.9. The summed E-state index contributed by atoms with van der Waals surface area (Å²) in [6, 6.07) is 21.6. The predicted octanol–water partition coefficient (Wildman–Crippen LogP) is 27.0. The number of nitrogens with zero attached hydrogens (tertiary/aromatic N) is 2. The van der Waals surface area contributed by atoms with Gasteiger partial charge in [-0.1, -0.05) is 63.2 Å². The van der Waals surface area contributed by atoms with Gasteiger partial charge >= 0.3 is 6.61 Å². The molecule has 0 saturated carbocycles. The van der Waals surface area contributed by atoms with Gasteiger partial charge in [0.05, 0.1) is 35.2 Å². The molecule has 0 bridgehead atoms. The molecule has 0 aliphatic rings. The van der Waals surface area contributed by atoms with Crippen molar-refractivity contribution < 1.29 is 22.8 Å². The van der Waals surface area contributed by atoms with Crippen molar-refractivity contribution in [2.75, 3.05) is 7.11 Å². The molecule has 0 amide bonds. The number of hydrogen-bond acceptors (Lipinski definition) is 13. The predicted molar refractivity (Wildman–Crippen MR) is 383 cm³/mol. The summed E-state index contributed by atoms with van der Waals surface area (Å²) in [4.78, 5) is 8.65. The minimum absolute atomic E-state index is 0.278. The minimum Gasteiger partial charge on any atom is -0.496 e. The Morgan fingerprint density at radius 1 is 0.536 bits per heavy atom. The lowest BCUT2D eigenvalue weighted by Crippen LogP contribution is -2.01. The van der Waals surface area contributed by atoms with Gasteiger partial charge in [0.15, 0.2) is 0 Å². The van der Waals surface area contributed by atoms with Gasteiger partial charge in [-0.05, 0) is 259 Å². The van der Waals surface area contributed by atoms with Crippen molar-refractivity contribution in [2.24, 2.45) is 7.05 Å². The number of rotatable bonds is 3. The zero-order valence-corrected chi connectivity index (χ0v) is 63.1. The fraction of sp³-hybridized carbons (Fsp3) is 0.306. The summed E-state index contributed by atoms with van der Waals surface area (Å²) in [5.74, 6) is 2.19. The largest absolute Gasteiger partial charge is 0.496 e. The molecule has 11 aromatic heterocycles. The molecule has 0 aliphatic carbocycles. The van der Waals surface area contributed by atoms with Crippen molar-refractivity contribution in [1.29, 1.82) is 0 Å². The Hall–Kier alpha value is -2.82. The molecule has 11 aromatic rings. The molecule has 0 aromatic carbocycles. The summed E-state index contributed by atoms with van der Waals surface area (Å²) < 4.78 is 43.8. The molecular formula is C62H74BrCl5F2N2O3S9. The summed E-state index contributed by atoms with van der Waals surface area (Å²) in [5.41, 5.74) is 9.84. The van der Waals surface area contributed by atoms with Crippen LogP contribution in [0.1, 0.15) is 84.7 Å². The van der Waals surface area contributed by atoms with Crippen LogP contribution in [0.3, 0.4) is 0 Å². The second kappa shape index (κ2) is 43.8. The fourth-order valence-corrected chi connectivity index (χ4v) is 13.7. The topological polar surface area (TPSA) is 49.4 Å². The zero-order valence-electron chi connectivity index (χ0n) is 50.4. The monoisotopic (exact) mass is 1470 g/mol. The Morgan fingerprint density at radius 2 is 1.07 bits per heavy atom. The highest BCUT2D eigenvalue weighted by molar-refractivity contribution is 9.10. The van der Waals surface area contributed by atoms with E-state index in [4.69, 9.17) is 67.3 Å². The van der Waals surface area contributed by atoms with Crippen molar-refractivity contribution in [3.63, 3.8) is 0 Å². The number of aryl methyl sites for hydroxylation is 16. The van der Waals surface area contributed by atoms with E-state index < -0.39 is 6.61 Å². The highest BCUT2D eigenvalue weighted by Crippen LogP contribution is 2.30. The Morgan fingerprint density at radius 3 is 1.24 bits per heavy atom. The third-order valence-electron chi connectivity index (χ3n) is 10.8. The van der Waals surface area contributed by atoms with Gasteiger partial charge in [0.1, 0.15) is 17.3 Å². The van der Waals surface area contributed by atoms with Gasteiger partial charge in [-0.15, -0.1) is 90.7 Å². The van der Waals surface area contributed by atoms with E-state index in [0.717, 1.165) is 55.6 Å². The molecule has 84 heavy (non-hydrogen) atoms. The van der Waals surface area contributed by atoms with E-state index >= 15 is 0 Å². The standard InChI is InChI=1S/C6H7BrS.C6H6F2OS.C6H9NO.C6H9N.C6H8OS.2C6H8S.C5H4Cl2S.3C5H5ClS/c1-4-3-8-5(2)6(4)7;1-4-5(2-3-10-4)9-6(7)8;1-4-5(2)7-8-6(4)3;1-6-4-3-5-7(6)2;1-5-6(7-2)3-4-8-5;1-5-3-7-4-6(5)2;1-5-3-4-6(2)7-5;1-3-2-4(6)8-5(3)7;1-4-5(6)2-3-7-4;1-4-2-3-7-5(4)6;1-4-2-3-5(6)7-4/h3H,1-2H3;2-3,6H,1H3;1-3H3;3-5H,1-2H3;3-4H,1-2H3;2*3-4H,1-2H3;2H,1H3;3*2-3H,1H3. The van der Waals surface area contributed by atoms with Gasteiger partial charge in [-0.2, -0.15) is 20.1 Å². The normalized spacial score (nSPS) is 9.65. The first-order valence-corrected chi connectivity index (χ1v) is 35.7. The molecule has 460 valence electrons. The van der Waals surface area contributed by atoms with Crippen LogP contribution in [0.25, 0.3) is 0 Å². The smallest absolute Gasteiger partial charge is 0.387 e. The van der Waals surface area contributed by atoms with Gasteiger partial charge in [0.2, 0.25) is 0 Å². The summed E-state index contributed by atoms with van der Waals surface area (Å²) in [7, 11) is 3.73. The maximum atomic E-state index is 11.6. The molecule has 0 unspecified atom stereocenters. The molecule has 0 radical (unpaired) electrons. The fourth-order valence-electron chi connectivity index (χ4n) is 5.34. The molecule has 0 saturated heterocycles. The van der Waals surface area contributed by atoms with Crippen LogP contribution >= 0.6 is 176 Å². The van der Waals surface area contributed by atoms with Crippen LogP contribution in [0, 0.1) is 111 Å². The van der Waals surface area contributed by atoms with E-state index in [2.05, 4.69) is 113 Å². The van der Waals surface area contributed by atoms with E-state index in [1.807, 2.05) is 139 Å². The van der Waals surface area contributed by atoms with Gasteiger partial charge in [-0.25, -0.2) is 0 Å². The Balaban J connectivity index is 0.000000463. The van der Waals surface area contributed by atoms with E-state index in [9.17, 15) is 8.78 Å². The maximum absolute atomic E-state index is 11.6. The average Bonchev–Trinajstić information content (AvgIpc) is 4.38. The van der Waals surface area contributed by atoms with E-state index in [-0.39, 0.29) is 5.75 Å². The first-order chi connectivity index (χ1) is 39.5. The molecule has 22 heteroatoms. The summed E-state index contributed by atoms with van der Waals surface area (Å²) >= 11 is 46.3. The van der Waals surface area contributed by atoms with Gasteiger partial charge in [-0.3, -0.25) is 0 Å². The number of thiophene rings is 9. The second-order valence-corrected chi connectivity index (χ2v) is 31.3. The second-order valence-electron chi connectivity index (χ2n) is 17.7. The minimum atomic E-state index is -2.71. The van der Waals surface area contributed by atoms with E-state index in [1.54, 1.807) is 87.4 Å². The molecule has 5 nitrogen and oxygen atoms in total. The number of ether oxygens (including phenoxy) is 2. The Labute approximate surface area is 567 Å². The summed E-state index contributed by atoms with van der Waals surface area (Å²) in [6.07, 6.45) is 2.04. The third kappa shape index (κ3) is 34.1. The van der Waals surface area contributed by atoms with Crippen molar-refractivity contribution >= 4 is 176 Å². The average molecular weight is 1480 g/mol. The molecule has 11 heterocycles. The van der Waals surface area contributed by atoms with Crippen LogP contribution in [-0.2, 0) is 7.05 Å². The first kappa shape index (κ1) is 79.2. The number of hydrogen-bond donors (Lipinski definition) is 0. The van der Waals surface area contributed by atoms with Crippen LogP contribution < -0.4 is 9.47 Å². The van der Waals surface area contributed by atoms with Crippen molar-refractivity contribution in [1.82, 2.24) is 9.72 Å². The zero-order chi connectivity index (χ0) is 63.6. The van der Waals surface area contributed by atoms with Crippen molar-refractivity contribution in [3.8, 4) is 11.5 Å². The van der Waals surface area contributed by atoms with Crippen molar-refractivity contribution in [2.45, 2.75) is 117 Å². The van der Waals surface area contributed by atoms with Gasteiger partial charge < -0.3 is 18.6 Å². The molecular weight excluding hydrogens is 1400 g/mol. The first-order valence-electron chi connectivity index (χ1n) is 25.3. The van der Waals surface area contributed by atoms with E-state index in [1.165, 1.54) is 90.4 Å². The quantitative estimate of drug-likeness (QED) is 0.177. The molecule has 0 aliphatic heterocycles. The highest BCUT2D eigenvalue weighted by Gasteiger charge is 2.07. The van der Waals surface area contributed by atoms with Crippen LogP contribution in [0.5, 0.6) is 11.5 Å². The van der Waals surface area contributed by atoms with Crippen LogP contribution in [-0.4, -0.2) is 23.4 Å². The SMILES string of the molecule is COc1ccsc1C.Cc1cc(Cl)sc1Cl.Cc1ccc(C)s1.Cc1ccc(Cl)s1.Cc1cccn1C.Cc1ccsc1Cl.Cc1csc(C)c1Br.Cc1cscc1C.Cc1noc(C)c1C.Cc1sccc1Cl.Cc1sccc1OC(F)F. The Kier molecular flexibility index (Phi) is 41.3. The summed E-state index contributed by atoms with van der Waals surface area (Å²) in [5, 5.41) is 18.8. The molecule has 11 rings (SSSR count). The van der Waals surface area contributed by atoms with Gasteiger partial charge in [0.25, 0.3) is 0 Å². The summed E-state index contributed by atoms with van der Waals surface area (Å²) in [6.45, 7) is 29.7. The molecule has 0 spiro atoms. The molecule has 0 fully saturated rings. The molecule has 0 atom stereocenters. The van der Waals surface area contributed by atoms with Crippen LogP contribution in [0.4, 0.5) is 8.78 Å². The Bertz CT molecular complexity index is 3070. The van der Waals surface area contributed by atoms with E-state index in [0.29, 0.717) is 0 Å². The van der Waals surface area contributed by atoms with Crippen molar-refractivity contribution in [3.05, 3.63) is 222 Å². The maximum Gasteiger partial charge on any atom is 0.387 e. The lowest BCUT2D eigenvalue weighted by molar-refractivity contribution is -0.0499. The van der Waals surface area contributed by atoms with Crippen LogP contribution in [0.15, 0.2) is 120 Å². The lowest BCUT2D eigenvalue weighted by Gasteiger charge is -2.00. The van der Waals surface area contributed by atoms with Gasteiger partial charge in [0, 0.05) is 63.1 Å². The number of aromatic nitrogens is 2.